The molecule has 4 aromatic rings. The van der Waals surface area contributed by atoms with E-state index in [-0.39, 0.29) is 23.7 Å². The van der Waals surface area contributed by atoms with Gasteiger partial charge in [0.15, 0.2) is 5.82 Å². The fourth-order valence-corrected chi connectivity index (χ4v) is 6.62. The first-order chi connectivity index (χ1) is 24.0. The number of benzene rings is 2. The molecule has 0 saturated heterocycles. The van der Waals surface area contributed by atoms with E-state index in [0.29, 0.717) is 10.7 Å². The summed E-state index contributed by atoms with van der Waals surface area (Å²) in [4.78, 5) is 49.4. The van der Waals surface area contributed by atoms with Crippen LogP contribution in [0.25, 0.3) is 22.5 Å². The minimum Gasteiger partial charge on any atom is -0.494 e. The summed E-state index contributed by atoms with van der Waals surface area (Å²) in [5, 5.41) is 15.3. The summed E-state index contributed by atoms with van der Waals surface area (Å²) in [6.07, 6.45) is 11.3. The van der Waals surface area contributed by atoms with Gasteiger partial charge in [0.25, 0.3) is 5.91 Å². The monoisotopic (exact) mass is 696 g/mol. The third kappa shape index (κ3) is 10.2. The molecule has 9 nitrogen and oxygen atoms in total. The maximum atomic E-state index is 13.5. The highest BCUT2D eigenvalue weighted by Crippen LogP contribution is 2.33. The summed E-state index contributed by atoms with van der Waals surface area (Å²) in [6.45, 7) is 9.17. The zero-order chi connectivity index (χ0) is 35.7. The van der Waals surface area contributed by atoms with Gasteiger partial charge in [-0.15, -0.1) is 11.3 Å². The second kappa shape index (κ2) is 16.9. The third-order valence-electron chi connectivity index (χ3n) is 8.86. The van der Waals surface area contributed by atoms with Crippen LogP contribution in [-0.2, 0) is 21.4 Å². The van der Waals surface area contributed by atoms with Crippen molar-refractivity contribution in [2.75, 3.05) is 6.61 Å². The summed E-state index contributed by atoms with van der Waals surface area (Å²) < 4.78 is 5.89. The van der Waals surface area contributed by atoms with E-state index in [1.54, 1.807) is 18.5 Å². The van der Waals surface area contributed by atoms with Crippen LogP contribution in [0.4, 0.5) is 0 Å². The van der Waals surface area contributed by atoms with Gasteiger partial charge in [0, 0.05) is 34.8 Å². The number of nitrogens with one attached hydrogen (secondary N) is 2. The number of carbonyl (C=O) groups excluding carboxylic acids is 2. The molecular weight excluding hydrogens is 649 g/mol. The summed E-state index contributed by atoms with van der Waals surface area (Å²) >= 11 is 1.39. The van der Waals surface area contributed by atoms with Crippen molar-refractivity contribution in [2.45, 2.75) is 96.6 Å². The third-order valence-corrected chi connectivity index (χ3v) is 10.4. The number of ether oxygens (including phenoxy) is 1. The fourth-order valence-electron chi connectivity index (χ4n) is 5.66. The highest BCUT2D eigenvalue weighted by atomic mass is 32.1. The maximum absolute atomic E-state index is 13.5. The van der Waals surface area contributed by atoms with Crippen LogP contribution < -0.4 is 15.4 Å². The van der Waals surface area contributed by atoms with E-state index in [1.807, 2.05) is 54.6 Å². The van der Waals surface area contributed by atoms with Crippen LogP contribution in [0.5, 0.6) is 5.75 Å². The molecule has 2 heterocycles. The van der Waals surface area contributed by atoms with E-state index in [2.05, 4.69) is 48.3 Å². The second-order valence-corrected chi connectivity index (χ2v) is 15.2. The number of aliphatic carboxylic acids is 1. The van der Waals surface area contributed by atoms with Crippen LogP contribution in [0.3, 0.4) is 0 Å². The Bertz CT molecular complexity index is 1730. The normalized spacial score (nSPS) is 14.1. The molecule has 2 amide bonds. The molecule has 2 atom stereocenters. The lowest BCUT2D eigenvalue weighted by atomic mass is 9.95. The number of aromatic nitrogens is 2. The standard InChI is InChI=1S/C40H48N4O5S/c1-5-6-7-8-9-22-49-31-18-16-27(17-19-31)30-24-41-36(42-25-30)29-12-10-26(11-13-29)23-32(37(45)44-35(39(47)48)28-14-15-28)43-38(46)33-20-21-34(50-33)40(2,3)4/h10-13,16-21,24-25,28,32,35H,5-9,14-15,22-23H2,1-4H3,(H,43,46)(H,44,45)(H,47,48). The molecule has 1 aliphatic carbocycles. The minimum atomic E-state index is -1.07. The van der Waals surface area contributed by atoms with Crippen LogP contribution in [0, 0.1) is 5.92 Å². The van der Waals surface area contributed by atoms with Crippen molar-refractivity contribution < 1.29 is 24.2 Å². The molecule has 0 spiro atoms. The van der Waals surface area contributed by atoms with Crippen LogP contribution in [0.2, 0.25) is 0 Å². The van der Waals surface area contributed by atoms with E-state index in [9.17, 15) is 19.5 Å². The molecule has 1 saturated carbocycles. The molecule has 5 rings (SSSR count). The average Bonchev–Trinajstić information content (AvgIpc) is 3.81. The Morgan fingerprint density at radius 2 is 1.52 bits per heavy atom. The molecular formula is C40H48N4O5S. The lowest BCUT2D eigenvalue weighted by Gasteiger charge is -2.21. The second-order valence-electron chi connectivity index (χ2n) is 14.1. The molecule has 10 heteroatoms. The highest BCUT2D eigenvalue weighted by molar-refractivity contribution is 7.14. The number of carboxylic acids is 1. The molecule has 2 aromatic carbocycles. The summed E-state index contributed by atoms with van der Waals surface area (Å²) in [5.41, 5.74) is 3.39. The fraction of sp³-hybridized carbons (Fsp3) is 0.425. The first-order valence-electron chi connectivity index (χ1n) is 17.6. The van der Waals surface area contributed by atoms with Crippen molar-refractivity contribution >= 4 is 29.1 Å². The largest absolute Gasteiger partial charge is 0.494 e. The first-order valence-corrected chi connectivity index (χ1v) is 18.4. The summed E-state index contributed by atoms with van der Waals surface area (Å²) in [7, 11) is 0. The predicted molar refractivity (Wildman–Crippen MR) is 197 cm³/mol. The number of unbranched alkanes of at least 4 members (excludes halogenated alkanes) is 4. The molecule has 3 N–H and O–H groups in total. The Morgan fingerprint density at radius 3 is 2.12 bits per heavy atom. The van der Waals surface area contributed by atoms with Gasteiger partial charge in [-0.25, -0.2) is 14.8 Å². The average molecular weight is 697 g/mol. The van der Waals surface area contributed by atoms with Crippen molar-refractivity contribution in [3.05, 3.63) is 88.4 Å². The van der Waals surface area contributed by atoms with E-state index >= 15 is 0 Å². The Morgan fingerprint density at radius 1 is 0.860 bits per heavy atom. The van der Waals surface area contributed by atoms with Gasteiger partial charge in [-0.2, -0.15) is 0 Å². The van der Waals surface area contributed by atoms with Gasteiger partial charge in [0.2, 0.25) is 5.91 Å². The van der Waals surface area contributed by atoms with Gasteiger partial charge >= 0.3 is 5.97 Å². The van der Waals surface area contributed by atoms with Crippen LogP contribution in [0.15, 0.2) is 73.1 Å². The van der Waals surface area contributed by atoms with Crippen molar-refractivity contribution in [3.8, 4) is 28.3 Å². The molecule has 2 aromatic heterocycles. The quantitative estimate of drug-likeness (QED) is 0.0959. The van der Waals surface area contributed by atoms with Crippen molar-refractivity contribution in [1.29, 1.82) is 0 Å². The lowest BCUT2D eigenvalue weighted by Crippen LogP contribution is -2.53. The smallest absolute Gasteiger partial charge is 0.326 e. The predicted octanol–water partition coefficient (Wildman–Crippen LogP) is 7.84. The zero-order valence-corrected chi connectivity index (χ0v) is 30.2. The molecule has 1 fully saturated rings. The van der Waals surface area contributed by atoms with Crippen LogP contribution >= 0.6 is 11.3 Å². The van der Waals surface area contributed by atoms with E-state index in [4.69, 9.17) is 4.74 Å². The number of nitrogens with zero attached hydrogens (tertiary/aromatic N) is 2. The molecule has 0 aliphatic heterocycles. The number of carboxylic acid groups (broad SMARTS) is 1. The number of rotatable bonds is 17. The highest BCUT2D eigenvalue weighted by Gasteiger charge is 2.38. The SMILES string of the molecule is CCCCCCCOc1ccc(-c2cnc(-c3ccc(CC(NC(=O)c4ccc(C(C)(C)C)s4)C(=O)NC(C(=O)O)C4CC4)cc3)nc2)cc1. The van der Waals surface area contributed by atoms with Crippen LogP contribution in [0.1, 0.15) is 92.8 Å². The molecule has 50 heavy (non-hydrogen) atoms. The van der Waals surface area contributed by atoms with Crippen molar-refractivity contribution in [1.82, 2.24) is 20.6 Å². The van der Waals surface area contributed by atoms with Gasteiger partial charge in [0.05, 0.1) is 11.5 Å². The van der Waals surface area contributed by atoms with E-state index < -0.39 is 24.0 Å². The molecule has 1 aliphatic rings. The van der Waals surface area contributed by atoms with Gasteiger partial charge in [-0.05, 0) is 66.0 Å². The first kappa shape index (κ1) is 36.7. The molecule has 2 unspecified atom stereocenters. The minimum absolute atomic E-state index is 0.0894. The summed E-state index contributed by atoms with van der Waals surface area (Å²) in [6, 6.07) is 17.2. The number of thiophene rings is 1. The van der Waals surface area contributed by atoms with E-state index in [1.165, 1.54) is 37.0 Å². The zero-order valence-electron chi connectivity index (χ0n) is 29.4. The molecule has 264 valence electrons. The van der Waals surface area contributed by atoms with Gasteiger partial charge in [-0.3, -0.25) is 9.59 Å². The number of hydrogen-bond acceptors (Lipinski definition) is 7. The van der Waals surface area contributed by atoms with Gasteiger partial charge in [-0.1, -0.05) is 89.8 Å². The van der Waals surface area contributed by atoms with Crippen LogP contribution in [-0.4, -0.2) is 51.5 Å². The number of carbonyl (C=O) groups is 3. The Hall–Kier alpha value is -4.57. The van der Waals surface area contributed by atoms with E-state index in [0.717, 1.165) is 58.7 Å². The Labute approximate surface area is 298 Å². The number of hydrogen-bond donors (Lipinski definition) is 3. The maximum Gasteiger partial charge on any atom is 0.326 e. The number of amides is 2. The van der Waals surface area contributed by atoms with Gasteiger partial charge < -0.3 is 20.5 Å². The van der Waals surface area contributed by atoms with Crippen molar-refractivity contribution in [2.24, 2.45) is 5.92 Å². The Kier molecular flexibility index (Phi) is 12.4. The summed E-state index contributed by atoms with van der Waals surface area (Å²) in [5.74, 6) is -0.624. The molecule has 0 radical (unpaired) electrons. The van der Waals surface area contributed by atoms with Gasteiger partial charge in [0.1, 0.15) is 17.8 Å². The molecule has 0 bridgehead atoms. The topological polar surface area (TPSA) is 131 Å². The Balaban J connectivity index is 1.23. The van der Waals surface area contributed by atoms with Crippen molar-refractivity contribution in [3.63, 3.8) is 0 Å². The lowest BCUT2D eigenvalue weighted by molar-refractivity contribution is -0.142.